The topological polar surface area (TPSA) is 32.3 Å². The van der Waals surface area contributed by atoms with Gasteiger partial charge in [-0.15, -0.1) is 22.7 Å². The van der Waals surface area contributed by atoms with Gasteiger partial charge in [-0.25, -0.2) is 0 Å². The number of nitrogens with one attached hydrogen (secondary N) is 1. The minimum Gasteiger partial charge on any atom is -0.344 e. The number of thiophene rings is 2. The highest BCUT2D eigenvalue weighted by molar-refractivity contribution is 7.11. The highest BCUT2D eigenvalue weighted by Gasteiger charge is 2.31. The van der Waals surface area contributed by atoms with E-state index in [0.29, 0.717) is 0 Å². The molecule has 1 unspecified atom stereocenters. The molecule has 1 N–H and O–H groups in total. The van der Waals surface area contributed by atoms with Crippen molar-refractivity contribution in [1.82, 2.24) is 10.2 Å². The Hall–Kier alpha value is -1.17. The van der Waals surface area contributed by atoms with Crippen LogP contribution in [0, 0.1) is 0 Å². The third-order valence-electron chi connectivity index (χ3n) is 3.45. The van der Waals surface area contributed by atoms with Crippen LogP contribution in [-0.2, 0) is 4.79 Å². The number of likely N-dealkylation sites (tertiary alicyclic amines) is 1. The summed E-state index contributed by atoms with van der Waals surface area (Å²) in [5, 5.41) is 7.70. The Balaban J connectivity index is 1.83. The molecule has 5 heteroatoms. The van der Waals surface area contributed by atoms with E-state index in [1.807, 2.05) is 7.05 Å². The number of amides is 1. The van der Waals surface area contributed by atoms with Crippen molar-refractivity contribution in [2.24, 2.45) is 0 Å². The summed E-state index contributed by atoms with van der Waals surface area (Å²) < 4.78 is 0. The third kappa shape index (κ3) is 2.59. The molecule has 1 amide bonds. The molecule has 1 fully saturated rings. The van der Waals surface area contributed by atoms with E-state index in [9.17, 15) is 4.79 Å². The van der Waals surface area contributed by atoms with Crippen molar-refractivity contribution in [3.63, 3.8) is 0 Å². The smallest absolute Gasteiger partial charge is 0.239 e. The van der Waals surface area contributed by atoms with Gasteiger partial charge >= 0.3 is 0 Å². The average Bonchev–Trinajstić information content (AvgIpc) is 3.13. The molecule has 3 heterocycles. The second-order valence-electron chi connectivity index (χ2n) is 4.73. The van der Waals surface area contributed by atoms with Gasteiger partial charge in [0.05, 0.1) is 12.1 Å². The molecule has 1 aliphatic rings. The van der Waals surface area contributed by atoms with Crippen molar-refractivity contribution < 1.29 is 4.79 Å². The van der Waals surface area contributed by atoms with E-state index in [1.54, 1.807) is 27.6 Å². The van der Waals surface area contributed by atoms with Crippen LogP contribution in [0.3, 0.4) is 0 Å². The summed E-state index contributed by atoms with van der Waals surface area (Å²) in [6, 6.07) is 8.46. The number of carbonyl (C=O) groups is 1. The Morgan fingerprint density at radius 2 is 1.89 bits per heavy atom. The molecule has 100 valence electrons. The Kier molecular flexibility index (Phi) is 3.68. The number of nitrogens with zero attached hydrogens (tertiary/aromatic N) is 1. The molecule has 1 aliphatic heterocycles. The first-order valence-corrected chi connectivity index (χ1v) is 8.09. The Bertz CT molecular complexity index is 502. The molecule has 1 saturated heterocycles. The fraction of sp³-hybridized carbons (Fsp3) is 0.357. The van der Waals surface area contributed by atoms with Crippen molar-refractivity contribution >= 4 is 28.6 Å². The van der Waals surface area contributed by atoms with Gasteiger partial charge in [0.15, 0.2) is 0 Å². The van der Waals surface area contributed by atoms with Gasteiger partial charge in [-0.3, -0.25) is 10.1 Å². The van der Waals surface area contributed by atoms with Gasteiger partial charge in [-0.1, -0.05) is 12.1 Å². The maximum Gasteiger partial charge on any atom is 0.239 e. The molecule has 0 saturated carbocycles. The van der Waals surface area contributed by atoms with E-state index in [1.165, 1.54) is 9.75 Å². The Morgan fingerprint density at radius 1 is 1.26 bits per heavy atom. The molecule has 3 rings (SSSR count). The predicted octanol–water partition coefficient (Wildman–Crippen LogP) is 2.72. The first-order valence-electron chi connectivity index (χ1n) is 6.33. The summed E-state index contributed by atoms with van der Waals surface area (Å²) in [5.74, 6) is 0.207. The van der Waals surface area contributed by atoms with Crippen LogP contribution >= 0.6 is 22.7 Å². The number of rotatable bonds is 4. The van der Waals surface area contributed by atoms with E-state index >= 15 is 0 Å². The van der Waals surface area contributed by atoms with Crippen LogP contribution in [0.15, 0.2) is 35.0 Å². The predicted molar refractivity (Wildman–Crippen MR) is 79.7 cm³/mol. The molecular weight excluding hydrogens is 276 g/mol. The van der Waals surface area contributed by atoms with E-state index in [0.717, 1.165) is 13.0 Å². The van der Waals surface area contributed by atoms with Crippen LogP contribution < -0.4 is 5.32 Å². The maximum atomic E-state index is 12.1. The van der Waals surface area contributed by atoms with Crippen LogP contribution in [0.1, 0.15) is 22.2 Å². The molecule has 0 radical (unpaired) electrons. The fourth-order valence-electron chi connectivity index (χ4n) is 2.39. The zero-order valence-corrected chi connectivity index (χ0v) is 12.3. The van der Waals surface area contributed by atoms with Gasteiger partial charge in [0.25, 0.3) is 0 Å². The van der Waals surface area contributed by atoms with Crippen molar-refractivity contribution in [1.29, 1.82) is 0 Å². The first kappa shape index (κ1) is 12.8. The summed E-state index contributed by atoms with van der Waals surface area (Å²) >= 11 is 3.47. The van der Waals surface area contributed by atoms with Crippen LogP contribution in [0.2, 0.25) is 0 Å². The second kappa shape index (κ2) is 5.45. The lowest BCUT2D eigenvalue weighted by Gasteiger charge is -2.20. The lowest BCUT2D eigenvalue weighted by atomic mass is 10.1. The molecular formula is C14H16N2OS2. The van der Waals surface area contributed by atoms with Crippen LogP contribution in [0.25, 0.3) is 0 Å². The highest BCUT2D eigenvalue weighted by atomic mass is 32.1. The molecule has 3 nitrogen and oxygen atoms in total. The number of likely N-dealkylation sites (N-methyl/N-ethyl adjacent to an activating group) is 1. The zero-order chi connectivity index (χ0) is 13.2. The molecule has 0 aromatic carbocycles. The largest absolute Gasteiger partial charge is 0.344 e. The second-order valence-corrected chi connectivity index (χ2v) is 6.69. The summed E-state index contributed by atoms with van der Waals surface area (Å²) in [5.41, 5.74) is 0. The van der Waals surface area contributed by atoms with Crippen molar-refractivity contribution in [2.75, 3.05) is 13.6 Å². The first-order chi connectivity index (χ1) is 9.25. The highest BCUT2D eigenvalue weighted by Crippen LogP contribution is 2.30. The third-order valence-corrected chi connectivity index (χ3v) is 5.33. The summed E-state index contributed by atoms with van der Waals surface area (Å²) in [6.07, 6.45) is 0.891. The molecule has 2 aromatic rings. The molecule has 0 aliphatic carbocycles. The Morgan fingerprint density at radius 3 is 2.32 bits per heavy atom. The normalized spacial score (nSPS) is 19.6. The minimum atomic E-state index is -0.0563. The van der Waals surface area contributed by atoms with Gasteiger partial charge in [0.2, 0.25) is 5.91 Å². The fourth-order valence-corrected chi connectivity index (χ4v) is 4.07. The van der Waals surface area contributed by atoms with Crippen molar-refractivity contribution in [3.8, 4) is 0 Å². The molecule has 0 bridgehead atoms. The molecule has 2 aromatic heterocycles. The van der Waals surface area contributed by atoms with Gasteiger partial charge in [0.1, 0.15) is 0 Å². The van der Waals surface area contributed by atoms with Crippen LogP contribution in [-0.4, -0.2) is 30.4 Å². The summed E-state index contributed by atoms with van der Waals surface area (Å²) in [4.78, 5) is 16.4. The average molecular weight is 292 g/mol. The number of carbonyl (C=O) groups excluding carboxylic acids is 1. The lowest BCUT2D eigenvalue weighted by Crippen LogP contribution is -2.39. The van der Waals surface area contributed by atoms with Gasteiger partial charge in [0, 0.05) is 23.3 Å². The van der Waals surface area contributed by atoms with E-state index in [-0.39, 0.29) is 18.0 Å². The number of hydrogen-bond donors (Lipinski definition) is 1. The Labute approximate surface area is 120 Å². The standard InChI is InChI=1S/C14H16N2OS2/c1-16-7-6-10(14(16)17)15-13(11-4-2-8-18-11)12-5-3-9-19-12/h2-5,8-10,13,15H,6-7H2,1H3. The lowest BCUT2D eigenvalue weighted by molar-refractivity contribution is -0.128. The van der Waals surface area contributed by atoms with Crippen LogP contribution in [0.4, 0.5) is 0 Å². The molecule has 1 atom stereocenters. The van der Waals surface area contributed by atoms with Crippen LogP contribution in [0.5, 0.6) is 0 Å². The van der Waals surface area contributed by atoms with Crippen molar-refractivity contribution in [3.05, 3.63) is 44.8 Å². The van der Waals surface area contributed by atoms with E-state index < -0.39 is 0 Å². The van der Waals surface area contributed by atoms with E-state index in [4.69, 9.17) is 0 Å². The van der Waals surface area contributed by atoms with Gasteiger partial charge < -0.3 is 4.90 Å². The van der Waals surface area contributed by atoms with Gasteiger partial charge in [-0.2, -0.15) is 0 Å². The quantitative estimate of drug-likeness (QED) is 0.940. The number of hydrogen-bond acceptors (Lipinski definition) is 4. The van der Waals surface area contributed by atoms with Crippen molar-refractivity contribution in [2.45, 2.75) is 18.5 Å². The minimum absolute atomic E-state index is 0.0563. The van der Waals surface area contributed by atoms with Gasteiger partial charge in [-0.05, 0) is 29.3 Å². The zero-order valence-electron chi connectivity index (χ0n) is 10.7. The maximum absolute atomic E-state index is 12.1. The van der Waals surface area contributed by atoms with E-state index in [2.05, 4.69) is 40.3 Å². The molecule has 19 heavy (non-hydrogen) atoms. The monoisotopic (exact) mass is 292 g/mol. The molecule has 0 spiro atoms. The SMILES string of the molecule is CN1CCC(NC(c2cccs2)c2cccs2)C1=O. The summed E-state index contributed by atoms with van der Waals surface area (Å²) in [6.45, 7) is 0.845. The summed E-state index contributed by atoms with van der Waals surface area (Å²) in [7, 11) is 1.87.